The molecule has 0 radical (unpaired) electrons. The average molecular weight is 800 g/mol. The van der Waals surface area contributed by atoms with Crippen LogP contribution in [0.3, 0.4) is 0 Å². The number of alkyl carbamates (subject to hydrolysis) is 2. The summed E-state index contributed by atoms with van der Waals surface area (Å²) in [7, 11) is 0. The lowest BCUT2D eigenvalue weighted by atomic mass is 10.0. The fourth-order valence-electron chi connectivity index (χ4n) is 4.23. The van der Waals surface area contributed by atoms with Gasteiger partial charge in [-0.25, -0.2) is 9.59 Å². The molecule has 0 unspecified atom stereocenters. The van der Waals surface area contributed by atoms with Crippen LogP contribution in [0.4, 0.5) is 9.59 Å². The predicted octanol–water partition coefficient (Wildman–Crippen LogP) is 2.44. The first-order valence-corrected chi connectivity index (χ1v) is 19.0. The van der Waals surface area contributed by atoms with E-state index in [1.165, 1.54) is 18.2 Å². The minimum Gasteiger partial charge on any atom is -0.444 e. The van der Waals surface area contributed by atoms with Crippen molar-refractivity contribution in [3.8, 4) is 0 Å². The second-order valence-corrected chi connectivity index (χ2v) is 14.1. The Labute approximate surface area is 331 Å². The van der Waals surface area contributed by atoms with Gasteiger partial charge in [0.15, 0.2) is 0 Å². The van der Waals surface area contributed by atoms with Gasteiger partial charge in [-0.1, -0.05) is 6.92 Å². The Bertz CT molecular complexity index is 1220. The molecule has 18 nitrogen and oxygen atoms in total. The van der Waals surface area contributed by atoms with Gasteiger partial charge in [-0.15, -0.1) is 0 Å². The molecule has 5 N–H and O–H groups in total. The van der Waals surface area contributed by atoms with Crippen molar-refractivity contribution >= 4 is 29.9 Å². The Balaban J connectivity index is 2.55. The van der Waals surface area contributed by atoms with Crippen molar-refractivity contribution in [1.82, 2.24) is 26.6 Å². The minimum atomic E-state index is -0.581. The molecule has 0 spiro atoms. The van der Waals surface area contributed by atoms with Crippen LogP contribution in [0, 0.1) is 0 Å². The number of carbonyl (C=O) groups excluding carboxylic acids is 5. The van der Waals surface area contributed by atoms with Crippen LogP contribution in [-0.2, 0) is 37.9 Å². The Hall–Kier alpha value is -4.07. The first-order valence-electron chi connectivity index (χ1n) is 19.0. The average Bonchev–Trinajstić information content (AvgIpc) is 3.12. The minimum absolute atomic E-state index is 0.113. The third kappa shape index (κ3) is 27.5. The number of amides is 5. The van der Waals surface area contributed by atoms with Crippen molar-refractivity contribution in [3.05, 3.63) is 34.9 Å². The highest BCUT2D eigenvalue weighted by Crippen LogP contribution is 2.12. The zero-order valence-corrected chi connectivity index (χ0v) is 34.3. The molecular weight excluding hydrogens is 734 g/mol. The molecule has 5 amide bonds. The smallest absolute Gasteiger partial charge is 0.407 e. The number of benzene rings is 1. The summed E-state index contributed by atoms with van der Waals surface area (Å²) < 4.78 is 43.0. The van der Waals surface area contributed by atoms with Gasteiger partial charge in [0, 0.05) is 56.0 Å². The van der Waals surface area contributed by atoms with Gasteiger partial charge in [0.25, 0.3) is 17.7 Å². The van der Waals surface area contributed by atoms with Crippen molar-refractivity contribution in [2.24, 2.45) is 0 Å². The van der Waals surface area contributed by atoms with Gasteiger partial charge in [0.1, 0.15) is 11.2 Å². The highest BCUT2D eigenvalue weighted by atomic mass is 16.6. The highest BCUT2D eigenvalue weighted by Gasteiger charge is 2.18. The molecule has 56 heavy (non-hydrogen) atoms. The largest absolute Gasteiger partial charge is 0.444 e. The molecule has 0 aliphatic rings. The molecule has 0 saturated heterocycles. The lowest BCUT2D eigenvalue weighted by Crippen LogP contribution is -2.34. The van der Waals surface area contributed by atoms with Crippen LogP contribution in [0.2, 0.25) is 0 Å². The molecule has 1 aromatic carbocycles. The molecule has 0 aliphatic carbocycles. The number of hydrogen-bond acceptors (Lipinski definition) is 13. The standard InChI is InChI=1S/C38H65N5O13/c1-8-14-49-20-21-50-15-9-39-32(44)29-26-30(33(45)40-10-16-51-22-24-53-18-12-42-35(47)55-37(2,3)4)28-31(27-29)34(46)41-11-17-52-23-25-54-19-13-43-36(48)56-38(5,6)7/h26-28H,8-25H2,1-7H3,(H,39,44)(H,40,45)(H,41,46)(H,42,47)(H,43,48). The van der Waals surface area contributed by atoms with Crippen LogP contribution >= 0.6 is 0 Å². The lowest BCUT2D eigenvalue weighted by Gasteiger charge is -2.19. The Morgan fingerprint density at radius 3 is 0.911 bits per heavy atom. The Morgan fingerprint density at radius 1 is 0.411 bits per heavy atom. The van der Waals surface area contributed by atoms with Crippen molar-refractivity contribution in [2.45, 2.75) is 66.1 Å². The van der Waals surface area contributed by atoms with Crippen LogP contribution in [0.25, 0.3) is 0 Å². The molecule has 18 heteroatoms. The zero-order valence-electron chi connectivity index (χ0n) is 34.3. The van der Waals surface area contributed by atoms with E-state index >= 15 is 0 Å². The van der Waals surface area contributed by atoms with E-state index < -0.39 is 41.1 Å². The number of carbonyl (C=O) groups is 5. The molecule has 0 atom stereocenters. The summed E-state index contributed by atoms with van der Waals surface area (Å²) in [5, 5.41) is 13.4. The summed E-state index contributed by atoms with van der Waals surface area (Å²) in [6, 6.07) is 4.22. The second-order valence-electron chi connectivity index (χ2n) is 14.1. The summed E-state index contributed by atoms with van der Waals surface area (Å²) in [5.41, 5.74) is -0.811. The van der Waals surface area contributed by atoms with Crippen molar-refractivity contribution in [1.29, 1.82) is 0 Å². The molecule has 0 aliphatic heterocycles. The summed E-state index contributed by atoms with van der Waals surface area (Å²) in [6.45, 7) is 17.6. The topological polar surface area (TPSA) is 219 Å². The van der Waals surface area contributed by atoms with E-state index in [0.29, 0.717) is 19.8 Å². The fourth-order valence-corrected chi connectivity index (χ4v) is 4.23. The molecule has 0 bridgehead atoms. The maximum atomic E-state index is 13.1. The Kier molecular flexibility index (Phi) is 26.1. The first kappa shape index (κ1) is 49.9. The van der Waals surface area contributed by atoms with Gasteiger partial charge in [0.2, 0.25) is 0 Å². The normalized spacial score (nSPS) is 11.4. The van der Waals surface area contributed by atoms with Gasteiger partial charge in [-0.2, -0.15) is 0 Å². The van der Waals surface area contributed by atoms with Gasteiger partial charge >= 0.3 is 12.2 Å². The molecular formula is C38H65N5O13. The third-order valence-corrected chi connectivity index (χ3v) is 6.61. The number of ether oxygens (including phenoxy) is 8. The van der Waals surface area contributed by atoms with E-state index in [0.717, 1.165) is 6.42 Å². The molecule has 1 aromatic rings. The van der Waals surface area contributed by atoms with Gasteiger partial charge in [0.05, 0.1) is 72.7 Å². The molecule has 0 heterocycles. The number of hydrogen-bond donors (Lipinski definition) is 5. The van der Waals surface area contributed by atoms with Crippen LogP contribution < -0.4 is 26.6 Å². The van der Waals surface area contributed by atoms with Gasteiger partial charge in [-0.3, -0.25) is 14.4 Å². The van der Waals surface area contributed by atoms with E-state index in [1.807, 2.05) is 6.92 Å². The first-order chi connectivity index (χ1) is 26.6. The fraction of sp³-hybridized carbons (Fsp3) is 0.711. The third-order valence-electron chi connectivity index (χ3n) is 6.61. The second kappa shape index (κ2) is 29.2. The summed E-state index contributed by atoms with van der Waals surface area (Å²) >= 11 is 0. The molecule has 0 saturated carbocycles. The van der Waals surface area contributed by atoms with E-state index in [9.17, 15) is 24.0 Å². The zero-order chi connectivity index (χ0) is 41.7. The van der Waals surface area contributed by atoms with Crippen molar-refractivity contribution in [3.63, 3.8) is 0 Å². The van der Waals surface area contributed by atoms with Crippen LogP contribution in [0.5, 0.6) is 0 Å². The SMILES string of the molecule is CCCOCCOCCNC(=O)c1cc(C(=O)NCCOCCOCCNC(=O)OC(C)(C)C)cc(C(=O)NCCOCCOCCNC(=O)OC(C)(C)C)c1. The van der Waals surface area contributed by atoms with Crippen LogP contribution in [0.15, 0.2) is 18.2 Å². The summed E-state index contributed by atoms with van der Waals surface area (Å²) in [5.74, 6) is -1.47. The monoisotopic (exact) mass is 799 g/mol. The van der Waals surface area contributed by atoms with E-state index in [1.54, 1.807) is 41.5 Å². The highest BCUT2D eigenvalue weighted by molar-refractivity contribution is 6.04. The van der Waals surface area contributed by atoms with Gasteiger partial charge < -0.3 is 64.5 Å². The van der Waals surface area contributed by atoms with Crippen molar-refractivity contribution < 1.29 is 61.9 Å². The van der Waals surface area contributed by atoms with Crippen molar-refractivity contribution in [2.75, 3.05) is 112 Å². The molecule has 0 fully saturated rings. The van der Waals surface area contributed by atoms with E-state index in [2.05, 4.69) is 26.6 Å². The summed E-state index contributed by atoms with van der Waals surface area (Å²) in [4.78, 5) is 62.5. The molecule has 0 aromatic heterocycles. The van der Waals surface area contributed by atoms with Gasteiger partial charge in [-0.05, 0) is 66.2 Å². The summed E-state index contributed by atoms with van der Waals surface area (Å²) in [6.07, 6.45) is -0.125. The quantitative estimate of drug-likeness (QED) is 0.0737. The molecule has 320 valence electrons. The number of nitrogens with one attached hydrogen (secondary N) is 5. The molecule has 1 rings (SSSR count). The number of rotatable bonds is 29. The van der Waals surface area contributed by atoms with E-state index in [4.69, 9.17) is 37.9 Å². The lowest BCUT2D eigenvalue weighted by molar-refractivity contribution is 0.0396. The maximum absolute atomic E-state index is 13.1. The predicted molar refractivity (Wildman–Crippen MR) is 207 cm³/mol. The van der Waals surface area contributed by atoms with Crippen LogP contribution in [-0.4, -0.2) is 153 Å². The maximum Gasteiger partial charge on any atom is 0.407 e. The Morgan fingerprint density at radius 2 is 0.661 bits per heavy atom. The van der Waals surface area contributed by atoms with Crippen LogP contribution in [0.1, 0.15) is 86.0 Å². The van der Waals surface area contributed by atoms with E-state index in [-0.39, 0.29) is 109 Å².